The molecule has 1 aromatic heterocycles. The van der Waals surface area contributed by atoms with Crippen molar-refractivity contribution < 1.29 is 0 Å². The van der Waals surface area contributed by atoms with Crippen molar-refractivity contribution in [2.45, 2.75) is 40.0 Å². The van der Waals surface area contributed by atoms with Gasteiger partial charge >= 0.3 is 0 Å². The third-order valence-corrected chi connectivity index (χ3v) is 2.08. The largest absolute Gasteiger partial charge is 0.261 e. The van der Waals surface area contributed by atoms with Crippen molar-refractivity contribution in [3.8, 4) is 0 Å². The van der Waals surface area contributed by atoms with Gasteiger partial charge in [-0.05, 0) is 29.9 Å². The Labute approximate surface area is 81.2 Å². The Bertz CT molecular complexity index is 246. The molecular formula is C12H19N. The maximum Gasteiger partial charge on any atom is 0.0429 e. The molecule has 0 atom stereocenters. The van der Waals surface area contributed by atoms with Crippen LogP contribution >= 0.6 is 0 Å². The highest BCUT2D eigenvalue weighted by Crippen LogP contribution is 2.13. The van der Waals surface area contributed by atoms with E-state index in [0.717, 1.165) is 6.42 Å². The Morgan fingerprint density at radius 3 is 2.23 bits per heavy atom. The van der Waals surface area contributed by atoms with Gasteiger partial charge in [0, 0.05) is 11.9 Å². The first-order valence-electron chi connectivity index (χ1n) is 5.04. The average Bonchev–Trinajstić information content (AvgIpc) is 2.04. The van der Waals surface area contributed by atoms with E-state index in [2.05, 4.69) is 44.8 Å². The number of pyridine rings is 1. The summed E-state index contributed by atoms with van der Waals surface area (Å²) < 4.78 is 0. The van der Waals surface area contributed by atoms with Crippen LogP contribution in [-0.2, 0) is 6.42 Å². The third kappa shape index (κ3) is 3.17. The maximum absolute atomic E-state index is 4.43. The summed E-state index contributed by atoms with van der Waals surface area (Å²) in [5.74, 6) is 1.25. The van der Waals surface area contributed by atoms with Gasteiger partial charge < -0.3 is 0 Å². The van der Waals surface area contributed by atoms with Crippen LogP contribution in [0.4, 0.5) is 0 Å². The summed E-state index contributed by atoms with van der Waals surface area (Å²) in [6, 6.07) is 4.34. The van der Waals surface area contributed by atoms with Gasteiger partial charge in [0.15, 0.2) is 0 Å². The first-order valence-corrected chi connectivity index (χ1v) is 5.04. The van der Waals surface area contributed by atoms with Gasteiger partial charge in [0.05, 0.1) is 0 Å². The summed E-state index contributed by atoms with van der Waals surface area (Å²) in [6.07, 6.45) is 3.14. The van der Waals surface area contributed by atoms with E-state index in [9.17, 15) is 0 Å². The van der Waals surface area contributed by atoms with Crippen LogP contribution in [-0.4, -0.2) is 4.98 Å². The first-order chi connectivity index (χ1) is 6.09. The van der Waals surface area contributed by atoms with Crippen LogP contribution in [0.2, 0.25) is 0 Å². The lowest BCUT2D eigenvalue weighted by molar-refractivity contribution is 0.644. The number of nitrogens with zero attached hydrogens (tertiary/aromatic N) is 1. The molecule has 0 radical (unpaired) electrons. The molecule has 0 N–H and O–H groups in total. The molecule has 0 aliphatic carbocycles. The fourth-order valence-corrected chi connectivity index (χ4v) is 1.37. The molecule has 1 heteroatoms. The van der Waals surface area contributed by atoms with Crippen LogP contribution in [0.25, 0.3) is 0 Å². The van der Waals surface area contributed by atoms with E-state index in [-0.39, 0.29) is 0 Å². The Balaban J connectivity index is 2.70. The Hall–Kier alpha value is -0.850. The molecule has 0 amide bonds. The minimum absolute atomic E-state index is 0.535. The lowest BCUT2D eigenvalue weighted by atomic mass is 10.0. The summed E-state index contributed by atoms with van der Waals surface area (Å²) in [6.45, 7) is 8.81. The van der Waals surface area contributed by atoms with Gasteiger partial charge in [-0.25, -0.2) is 0 Å². The summed E-state index contributed by atoms with van der Waals surface area (Å²) in [7, 11) is 0. The molecule has 72 valence electrons. The fraction of sp³-hybridized carbons (Fsp3) is 0.583. The second-order valence-electron chi connectivity index (χ2n) is 4.34. The molecule has 0 spiro atoms. The Kier molecular flexibility index (Phi) is 3.47. The van der Waals surface area contributed by atoms with Crippen molar-refractivity contribution in [2.24, 2.45) is 5.92 Å². The minimum atomic E-state index is 0.535. The van der Waals surface area contributed by atoms with Gasteiger partial charge in [0.25, 0.3) is 0 Å². The minimum Gasteiger partial charge on any atom is -0.261 e. The van der Waals surface area contributed by atoms with Crippen LogP contribution in [0.5, 0.6) is 0 Å². The van der Waals surface area contributed by atoms with E-state index in [1.165, 1.54) is 11.3 Å². The number of hydrogen-bond donors (Lipinski definition) is 0. The second kappa shape index (κ2) is 4.40. The van der Waals surface area contributed by atoms with Gasteiger partial charge in [0.1, 0.15) is 0 Å². The van der Waals surface area contributed by atoms with Gasteiger partial charge in [-0.3, -0.25) is 4.98 Å². The zero-order valence-corrected chi connectivity index (χ0v) is 9.04. The highest BCUT2D eigenvalue weighted by molar-refractivity contribution is 5.16. The fourth-order valence-electron chi connectivity index (χ4n) is 1.37. The van der Waals surface area contributed by atoms with Crippen molar-refractivity contribution >= 4 is 0 Å². The van der Waals surface area contributed by atoms with Gasteiger partial charge in [0.2, 0.25) is 0 Å². The van der Waals surface area contributed by atoms with E-state index < -0.39 is 0 Å². The molecule has 0 aromatic carbocycles. The molecule has 0 saturated carbocycles. The average molecular weight is 177 g/mol. The molecular weight excluding hydrogens is 158 g/mol. The van der Waals surface area contributed by atoms with Crippen LogP contribution in [0, 0.1) is 5.92 Å². The first kappa shape index (κ1) is 10.2. The smallest absolute Gasteiger partial charge is 0.0429 e. The quantitative estimate of drug-likeness (QED) is 0.689. The number of aromatic nitrogens is 1. The SMILES string of the molecule is CC(C)Cc1ccc(C(C)C)nc1. The molecule has 0 unspecified atom stereocenters. The second-order valence-corrected chi connectivity index (χ2v) is 4.34. The predicted molar refractivity (Wildman–Crippen MR) is 56.9 cm³/mol. The molecule has 13 heavy (non-hydrogen) atoms. The topological polar surface area (TPSA) is 12.9 Å². The molecule has 1 nitrogen and oxygen atoms in total. The standard InChI is InChI=1S/C12H19N/c1-9(2)7-11-5-6-12(10(3)4)13-8-11/h5-6,8-10H,7H2,1-4H3. The zero-order valence-electron chi connectivity index (χ0n) is 9.04. The van der Waals surface area contributed by atoms with E-state index in [1.54, 1.807) is 0 Å². The van der Waals surface area contributed by atoms with Gasteiger partial charge in [-0.1, -0.05) is 33.8 Å². The molecule has 0 aliphatic heterocycles. The molecule has 1 rings (SSSR count). The summed E-state index contributed by atoms with van der Waals surface area (Å²) in [4.78, 5) is 4.43. The van der Waals surface area contributed by atoms with Crippen molar-refractivity contribution in [1.82, 2.24) is 4.98 Å². The maximum atomic E-state index is 4.43. The van der Waals surface area contributed by atoms with Crippen LogP contribution in [0.15, 0.2) is 18.3 Å². The van der Waals surface area contributed by atoms with Crippen LogP contribution in [0.1, 0.15) is 44.9 Å². The third-order valence-electron chi connectivity index (χ3n) is 2.08. The summed E-state index contributed by atoms with van der Waals surface area (Å²) >= 11 is 0. The summed E-state index contributed by atoms with van der Waals surface area (Å²) in [5.41, 5.74) is 2.53. The number of rotatable bonds is 3. The Morgan fingerprint density at radius 1 is 1.15 bits per heavy atom. The van der Waals surface area contributed by atoms with E-state index in [1.807, 2.05) is 6.20 Å². The van der Waals surface area contributed by atoms with E-state index >= 15 is 0 Å². The van der Waals surface area contributed by atoms with Crippen molar-refractivity contribution in [1.29, 1.82) is 0 Å². The molecule has 0 saturated heterocycles. The van der Waals surface area contributed by atoms with Crippen molar-refractivity contribution in [2.75, 3.05) is 0 Å². The molecule has 1 aromatic rings. The molecule has 0 bridgehead atoms. The van der Waals surface area contributed by atoms with Crippen molar-refractivity contribution in [3.05, 3.63) is 29.6 Å². The highest BCUT2D eigenvalue weighted by Gasteiger charge is 2.01. The normalized spacial score (nSPS) is 11.2. The van der Waals surface area contributed by atoms with Crippen LogP contribution in [0.3, 0.4) is 0 Å². The lowest BCUT2D eigenvalue weighted by Gasteiger charge is -2.07. The predicted octanol–water partition coefficient (Wildman–Crippen LogP) is 3.40. The Morgan fingerprint density at radius 2 is 1.85 bits per heavy atom. The lowest BCUT2D eigenvalue weighted by Crippen LogP contribution is -1.97. The summed E-state index contributed by atoms with van der Waals surface area (Å²) in [5, 5.41) is 0. The monoisotopic (exact) mass is 177 g/mol. The van der Waals surface area contributed by atoms with Gasteiger partial charge in [-0.2, -0.15) is 0 Å². The zero-order chi connectivity index (χ0) is 9.84. The molecule has 0 fully saturated rings. The van der Waals surface area contributed by atoms with E-state index in [0.29, 0.717) is 11.8 Å². The number of hydrogen-bond acceptors (Lipinski definition) is 1. The van der Waals surface area contributed by atoms with E-state index in [4.69, 9.17) is 0 Å². The molecule has 0 aliphatic rings. The van der Waals surface area contributed by atoms with Crippen molar-refractivity contribution in [3.63, 3.8) is 0 Å². The highest BCUT2D eigenvalue weighted by atomic mass is 14.7. The molecule has 1 heterocycles. The van der Waals surface area contributed by atoms with Crippen LogP contribution < -0.4 is 0 Å². The van der Waals surface area contributed by atoms with Gasteiger partial charge in [-0.15, -0.1) is 0 Å².